The van der Waals surface area contributed by atoms with Crippen molar-refractivity contribution in [2.75, 3.05) is 20.3 Å². The fourth-order valence-corrected chi connectivity index (χ4v) is 5.64. The lowest BCUT2D eigenvalue weighted by molar-refractivity contribution is -0.139. The summed E-state index contributed by atoms with van der Waals surface area (Å²) in [5.41, 5.74) is 3.28. The number of unbranched alkanes of at least 4 members (excludes halogenated alkanes) is 2. The van der Waals surface area contributed by atoms with E-state index in [1.807, 2.05) is 42.0 Å². The number of Topliss-reactive ketones (excluding diaryl/α,β-unsaturated/α-hetero) is 1. The SMILES string of the molecule is CCCCCOc1ccc(C2/C(=C(\O)c3ccc(OCc4cccc(C)c4)cc3)C(=O)C(=O)N2CCCn2ccnc2)cc1OC. The molecule has 1 saturated heterocycles. The van der Waals surface area contributed by atoms with Crippen LogP contribution in [-0.2, 0) is 22.7 Å². The number of likely N-dealkylation sites (tertiary alicyclic amines) is 1. The first kappa shape index (κ1) is 32.3. The predicted octanol–water partition coefficient (Wildman–Crippen LogP) is 6.86. The summed E-state index contributed by atoms with van der Waals surface area (Å²) in [4.78, 5) is 32.7. The lowest BCUT2D eigenvalue weighted by Gasteiger charge is -2.26. The minimum Gasteiger partial charge on any atom is -0.507 e. The summed E-state index contributed by atoms with van der Waals surface area (Å²) in [7, 11) is 1.56. The van der Waals surface area contributed by atoms with E-state index in [1.54, 1.807) is 56.0 Å². The topological polar surface area (TPSA) is 103 Å². The van der Waals surface area contributed by atoms with Crippen LogP contribution in [0.3, 0.4) is 0 Å². The number of aliphatic hydroxyl groups excluding tert-OH is 1. The van der Waals surface area contributed by atoms with Gasteiger partial charge in [0.25, 0.3) is 11.7 Å². The summed E-state index contributed by atoms with van der Waals surface area (Å²) in [5, 5.41) is 11.6. The van der Waals surface area contributed by atoms with E-state index in [0.29, 0.717) is 61.1 Å². The lowest BCUT2D eigenvalue weighted by Crippen LogP contribution is -2.31. The predicted molar refractivity (Wildman–Crippen MR) is 176 cm³/mol. The number of carbonyl (C=O) groups excluding carboxylic acids is 2. The number of nitrogens with zero attached hydrogens (tertiary/aromatic N) is 3. The summed E-state index contributed by atoms with van der Waals surface area (Å²) in [6.07, 6.45) is 8.92. The summed E-state index contributed by atoms with van der Waals surface area (Å²) in [5.74, 6) is 0.0602. The first-order chi connectivity index (χ1) is 22.4. The normalized spacial score (nSPS) is 15.7. The average molecular weight is 624 g/mol. The van der Waals surface area contributed by atoms with Crippen LogP contribution in [0.5, 0.6) is 17.2 Å². The first-order valence-corrected chi connectivity index (χ1v) is 15.7. The number of hydrogen-bond donors (Lipinski definition) is 1. The van der Waals surface area contributed by atoms with Gasteiger partial charge in [0.15, 0.2) is 11.5 Å². The molecular formula is C37H41N3O6. The zero-order valence-corrected chi connectivity index (χ0v) is 26.6. The van der Waals surface area contributed by atoms with Crippen LogP contribution >= 0.6 is 0 Å². The molecule has 3 aromatic carbocycles. The number of hydrogen-bond acceptors (Lipinski definition) is 7. The Morgan fingerprint density at radius 1 is 0.935 bits per heavy atom. The molecule has 0 saturated carbocycles. The van der Waals surface area contributed by atoms with Crippen molar-refractivity contribution >= 4 is 17.4 Å². The fourth-order valence-electron chi connectivity index (χ4n) is 5.64. The second-order valence-electron chi connectivity index (χ2n) is 11.4. The van der Waals surface area contributed by atoms with Crippen molar-refractivity contribution in [3.63, 3.8) is 0 Å². The Hall–Kier alpha value is -5.05. The highest BCUT2D eigenvalue weighted by molar-refractivity contribution is 6.46. The van der Waals surface area contributed by atoms with Gasteiger partial charge < -0.3 is 28.8 Å². The molecule has 1 fully saturated rings. The highest BCUT2D eigenvalue weighted by Gasteiger charge is 2.46. The number of imidazole rings is 1. The fraction of sp³-hybridized carbons (Fsp3) is 0.324. The van der Waals surface area contributed by atoms with E-state index >= 15 is 0 Å². The molecule has 1 amide bonds. The van der Waals surface area contributed by atoms with Crippen molar-refractivity contribution in [1.29, 1.82) is 0 Å². The van der Waals surface area contributed by atoms with E-state index in [2.05, 4.69) is 18.0 Å². The quantitative estimate of drug-likeness (QED) is 0.0668. The van der Waals surface area contributed by atoms with Crippen LogP contribution in [0.2, 0.25) is 0 Å². The molecule has 0 spiro atoms. The molecule has 1 aromatic heterocycles. The molecule has 0 aliphatic carbocycles. The van der Waals surface area contributed by atoms with E-state index in [1.165, 1.54) is 4.90 Å². The number of methoxy groups -OCH3 is 1. The van der Waals surface area contributed by atoms with Gasteiger partial charge in [-0.1, -0.05) is 55.7 Å². The molecule has 9 heteroatoms. The van der Waals surface area contributed by atoms with Gasteiger partial charge in [-0.3, -0.25) is 9.59 Å². The number of carbonyl (C=O) groups is 2. The molecule has 1 aliphatic heterocycles. The number of ketones is 1. The molecule has 1 aliphatic rings. The Morgan fingerprint density at radius 2 is 1.76 bits per heavy atom. The average Bonchev–Trinajstić information content (AvgIpc) is 3.68. The van der Waals surface area contributed by atoms with Gasteiger partial charge in [0, 0.05) is 31.0 Å². The van der Waals surface area contributed by atoms with Crippen LogP contribution in [0.25, 0.3) is 5.76 Å². The molecule has 0 radical (unpaired) electrons. The van der Waals surface area contributed by atoms with E-state index in [9.17, 15) is 14.7 Å². The number of ether oxygens (including phenoxy) is 3. The number of amides is 1. The molecule has 46 heavy (non-hydrogen) atoms. The first-order valence-electron chi connectivity index (χ1n) is 15.7. The van der Waals surface area contributed by atoms with Crippen molar-refractivity contribution < 1.29 is 28.9 Å². The molecule has 1 N–H and O–H groups in total. The Morgan fingerprint density at radius 3 is 2.48 bits per heavy atom. The number of aromatic nitrogens is 2. The Bertz CT molecular complexity index is 1660. The summed E-state index contributed by atoms with van der Waals surface area (Å²) >= 11 is 0. The third kappa shape index (κ3) is 7.59. The van der Waals surface area contributed by atoms with Gasteiger partial charge in [-0.05, 0) is 67.3 Å². The van der Waals surface area contributed by atoms with Crippen molar-refractivity contribution in [2.24, 2.45) is 0 Å². The van der Waals surface area contributed by atoms with Gasteiger partial charge in [-0.25, -0.2) is 4.98 Å². The van der Waals surface area contributed by atoms with E-state index in [4.69, 9.17) is 14.2 Å². The van der Waals surface area contributed by atoms with Crippen LogP contribution in [-0.4, -0.2) is 51.5 Å². The van der Waals surface area contributed by atoms with Gasteiger partial charge in [-0.2, -0.15) is 0 Å². The highest BCUT2D eigenvalue weighted by atomic mass is 16.5. The molecule has 1 atom stereocenters. The Labute approximate surface area is 270 Å². The molecule has 1 unspecified atom stereocenters. The number of benzene rings is 3. The monoisotopic (exact) mass is 623 g/mol. The number of rotatable bonds is 15. The number of aliphatic hydroxyl groups is 1. The van der Waals surface area contributed by atoms with Crippen molar-refractivity contribution in [2.45, 2.75) is 58.7 Å². The van der Waals surface area contributed by atoms with Crippen molar-refractivity contribution in [3.05, 3.63) is 113 Å². The largest absolute Gasteiger partial charge is 0.507 e. The van der Waals surface area contributed by atoms with Gasteiger partial charge >= 0.3 is 0 Å². The summed E-state index contributed by atoms with van der Waals surface area (Å²) in [6, 6.07) is 19.6. The van der Waals surface area contributed by atoms with Crippen molar-refractivity contribution in [1.82, 2.24) is 14.5 Å². The zero-order chi connectivity index (χ0) is 32.5. The van der Waals surface area contributed by atoms with Crippen molar-refractivity contribution in [3.8, 4) is 17.2 Å². The van der Waals surface area contributed by atoms with Crippen LogP contribution in [0, 0.1) is 6.92 Å². The van der Waals surface area contributed by atoms with Crippen LogP contribution in [0.4, 0.5) is 0 Å². The summed E-state index contributed by atoms with van der Waals surface area (Å²) < 4.78 is 19.5. The lowest BCUT2D eigenvalue weighted by atomic mass is 9.95. The maximum Gasteiger partial charge on any atom is 0.295 e. The van der Waals surface area contributed by atoms with E-state index in [-0.39, 0.29) is 11.3 Å². The smallest absolute Gasteiger partial charge is 0.295 e. The maximum absolute atomic E-state index is 13.6. The Kier molecular flexibility index (Phi) is 10.8. The standard InChI is InChI=1S/C37H41N3O6/c1-4-5-6-21-45-31-16-13-29(23-32(31)44-3)34-33(36(42)37(43)40(34)19-8-18-39-20-17-38-25-39)35(41)28-11-14-30(15-12-28)46-24-27-10-7-9-26(2)22-27/h7,9-17,20,22-23,25,34,41H,4-6,8,18-19,21,24H2,1-3H3/b35-33+. The van der Waals surface area contributed by atoms with Crippen LogP contribution < -0.4 is 14.2 Å². The third-order valence-electron chi connectivity index (χ3n) is 8.04. The molecule has 4 aromatic rings. The van der Waals surface area contributed by atoms with Gasteiger partial charge in [0.2, 0.25) is 0 Å². The maximum atomic E-state index is 13.6. The second kappa shape index (κ2) is 15.3. The Balaban J connectivity index is 1.44. The third-order valence-corrected chi connectivity index (χ3v) is 8.04. The van der Waals surface area contributed by atoms with Crippen LogP contribution in [0.1, 0.15) is 60.9 Å². The highest BCUT2D eigenvalue weighted by Crippen LogP contribution is 2.42. The van der Waals surface area contributed by atoms with E-state index in [0.717, 1.165) is 30.4 Å². The molecule has 9 nitrogen and oxygen atoms in total. The molecule has 5 rings (SSSR count). The molecular weight excluding hydrogens is 582 g/mol. The molecule has 2 heterocycles. The minimum atomic E-state index is -0.817. The number of aryl methyl sites for hydroxylation is 2. The molecule has 0 bridgehead atoms. The molecule has 240 valence electrons. The van der Waals surface area contributed by atoms with Gasteiger partial charge in [0.1, 0.15) is 18.1 Å². The second-order valence-corrected chi connectivity index (χ2v) is 11.4. The van der Waals surface area contributed by atoms with Gasteiger partial charge in [-0.15, -0.1) is 0 Å². The zero-order valence-electron chi connectivity index (χ0n) is 26.6. The van der Waals surface area contributed by atoms with Gasteiger partial charge in [0.05, 0.1) is 31.7 Å². The minimum absolute atomic E-state index is 0.0275. The van der Waals surface area contributed by atoms with Crippen LogP contribution in [0.15, 0.2) is 91.0 Å². The summed E-state index contributed by atoms with van der Waals surface area (Å²) in [6.45, 7) is 6.04. The van der Waals surface area contributed by atoms with E-state index < -0.39 is 17.7 Å².